The summed E-state index contributed by atoms with van der Waals surface area (Å²) in [4.78, 5) is 28.2. The third-order valence-corrected chi connectivity index (χ3v) is 4.77. The zero-order chi connectivity index (χ0) is 18.8. The van der Waals surface area contributed by atoms with Crippen LogP contribution in [0, 0.1) is 12.7 Å². The molecule has 0 atom stereocenters. The smallest absolute Gasteiger partial charge is 0.259 e. The van der Waals surface area contributed by atoms with Gasteiger partial charge >= 0.3 is 0 Å². The van der Waals surface area contributed by atoms with Crippen LogP contribution in [-0.2, 0) is 4.79 Å². The Morgan fingerprint density at radius 3 is 2.69 bits per heavy atom. The molecule has 2 aromatic rings. The monoisotopic (exact) mass is 379 g/mol. The van der Waals surface area contributed by atoms with E-state index in [0.29, 0.717) is 13.1 Å². The Balaban J connectivity index is 1.88. The molecule has 1 aliphatic rings. The van der Waals surface area contributed by atoms with Gasteiger partial charge in [-0.1, -0.05) is 22.8 Å². The van der Waals surface area contributed by atoms with Crippen molar-refractivity contribution in [1.29, 1.82) is 0 Å². The molecule has 6 nitrogen and oxygen atoms in total. The standard InChI is InChI=1S/C18H19ClFN3O3/c1-11-15(17(21-26-11)16-12(19)6-5-7-13(16)20)18(25)22(2)10-14(24)23-8-3-4-9-23/h5-7H,3-4,8-10H2,1-2H3. The number of aryl methyl sites for hydroxylation is 1. The SMILES string of the molecule is Cc1onc(-c2c(F)cccc2Cl)c1C(=O)N(C)CC(=O)N1CCCC1. The fourth-order valence-corrected chi connectivity index (χ4v) is 3.30. The van der Waals surface area contributed by atoms with Crippen LogP contribution in [0.15, 0.2) is 22.7 Å². The first-order valence-electron chi connectivity index (χ1n) is 8.34. The van der Waals surface area contributed by atoms with E-state index >= 15 is 0 Å². The lowest BCUT2D eigenvalue weighted by Crippen LogP contribution is -2.40. The molecule has 1 aromatic heterocycles. The number of carbonyl (C=O) groups excluding carboxylic acids is 2. The van der Waals surface area contributed by atoms with Gasteiger partial charge in [0.15, 0.2) is 0 Å². The second-order valence-electron chi connectivity index (χ2n) is 6.31. The second-order valence-corrected chi connectivity index (χ2v) is 6.72. The Hall–Kier alpha value is -2.41. The minimum Gasteiger partial charge on any atom is -0.360 e. The highest BCUT2D eigenvalue weighted by atomic mass is 35.5. The fraction of sp³-hybridized carbons (Fsp3) is 0.389. The highest BCUT2D eigenvalue weighted by Gasteiger charge is 2.29. The van der Waals surface area contributed by atoms with Crippen LogP contribution in [0.4, 0.5) is 4.39 Å². The molecule has 0 radical (unpaired) electrons. The summed E-state index contributed by atoms with van der Waals surface area (Å²) in [5.41, 5.74) is 0.151. The average molecular weight is 380 g/mol. The van der Waals surface area contributed by atoms with Crippen molar-refractivity contribution < 1.29 is 18.5 Å². The maximum atomic E-state index is 14.3. The van der Waals surface area contributed by atoms with Crippen LogP contribution in [0.25, 0.3) is 11.3 Å². The van der Waals surface area contributed by atoms with Crippen LogP contribution in [0.2, 0.25) is 5.02 Å². The largest absolute Gasteiger partial charge is 0.360 e. The molecule has 0 bridgehead atoms. The van der Waals surface area contributed by atoms with Gasteiger partial charge in [0.2, 0.25) is 5.91 Å². The minimum atomic E-state index is -0.601. The molecule has 0 spiro atoms. The molecule has 3 rings (SSSR count). The predicted molar refractivity (Wildman–Crippen MR) is 94.4 cm³/mol. The summed E-state index contributed by atoms with van der Waals surface area (Å²) in [5, 5.41) is 3.95. The van der Waals surface area contributed by atoms with Crippen molar-refractivity contribution in [3.8, 4) is 11.3 Å². The highest BCUT2D eigenvalue weighted by molar-refractivity contribution is 6.33. The molecule has 8 heteroatoms. The van der Waals surface area contributed by atoms with Gasteiger partial charge in [0.05, 0.1) is 17.1 Å². The van der Waals surface area contributed by atoms with E-state index in [4.69, 9.17) is 16.1 Å². The van der Waals surface area contributed by atoms with Gasteiger partial charge in [0, 0.05) is 20.1 Å². The van der Waals surface area contributed by atoms with Gasteiger partial charge in [0.25, 0.3) is 5.91 Å². The summed E-state index contributed by atoms with van der Waals surface area (Å²) in [7, 11) is 1.52. The molecule has 1 saturated heterocycles. The van der Waals surface area contributed by atoms with E-state index in [9.17, 15) is 14.0 Å². The molecule has 2 heterocycles. The zero-order valence-corrected chi connectivity index (χ0v) is 15.3. The van der Waals surface area contributed by atoms with Crippen LogP contribution in [0.1, 0.15) is 29.0 Å². The van der Waals surface area contributed by atoms with Crippen LogP contribution in [-0.4, -0.2) is 53.5 Å². The topological polar surface area (TPSA) is 66.7 Å². The molecule has 0 aliphatic carbocycles. The average Bonchev–Trinajstić information content (AvgIpc) is 3.24. The highest BCUT2D eigenvalue weighted by Crippen LogP contribution is 2.33. The summed E-state index contributed by atoms with van der Waals surface area (Å²) in [5.74, 6) is -0.941. The Labute approximate surface area is 155 Å². The van der Waals surface area contributed by atoms with Crippen LogP contribution < -0.4 is 0 Å². The molecule has 1 fully saturated rings. The molecule has 1 aliphatic heterocycles. The minimum absolute atomic E-state index is 0.00800. The van der Waals surface area contributed by atoms with Gasteiger partial charge in [-0.15, -0.1) is 0 Å². The zero-order valence-electron chi connectivity index (χ0n) is 14.6. The molecule has 138 valence electrons. The van der Waals surface area contributed by atoms with Gasteiger partial charge in [-0.25, -0.2) is 4.39 Å². The quantitative estimate of drug-likeness (QED) is 0.818. The number of carbonyl (C=O) groups is 2. The first-order chi connectivity index (χ1) is 12.4. The number of likely N-dealkylation sites (tertiary alicyclic amines) is 1. The van der Waals surface area contributed by atoms with E-state index < -0.39 is 11.7 Å². The second kappa shape index (κ2) is 7.45. The maximum Gasteiger partial charge on any atom is 0.259 e. The first kappa shape index (κ1) is 18.4. The van der Waals surface area contributed by atoms with E-state index in [-0.39, 0.29) is 40.1 Å². The summed E-state index contributed by atoms with van der Waals surface area (Å²) >= 11 is 6.09. The number of halogens is 2. The number of nitrogens with zero attached hydrogens (tertiary/aromatic N) is 3. The molecule has 0 saturated carbocycles. The summed E-state index contributed by atoms with van der Waals surface area (Å²) < 4.78 is 19.4. The van der Waals surface area contributed by atoms with E-state index in [1.807, 2.05) is 0 Å². The van der Waals surface area contributed by atoms with Crippen LogP contribution >= 0.6 is 11.6 Å². The van der Waals surface area contributed by atoms with E-state index in [0.717, 1.165) is 12.8 Å². The molecular weight excluding hydrogens is 361 g/mol. The van der Waals surface area contributed by atoms with Crippen molar-refractivity contribution in [2.75, 3.05) is 26.7 Å². The van der Waals surface area contributed by atoms with E-state index in [1.54, 1.807) is 11.8 Å². The summed E-state index contributed by atoms with van der Waals surface area (Å²) in [6, 6.07) is 4.22. The third kappa shape index (κ3) is 3.44. The number of rotatable bonds is 4. The molecule has 26 heavy (non-hydrogen) atoms. The number of hydrogen-bond acceptors (Lipinski definition) is 4. The van der Waals surface area contributed by atoms with Gasteiger partial charge in [-0.05, 0) is 31.9 Å². The van der Waals surface area contributed by atoms with Gasteiger partial charge in [-0.3, -0.25) is 9.59 Å². The Morgan fingerprint density at radius 1 is 1.35 bits per heavy atom. The molecule has 0 N–H and O–H groups in total. The van der Waals surface area contributed by atoms with Crippen molar-refractivity contribution in [3.63, 3.8) is 0 Å². The Morgan fingerprint density at radius 2 is 2.04 bits per heavy atom. The van der Waals surface area contributed by atoms with E-state index in [1.165, 1.54) is 30.1 Å². The number of benzene rings is 1. The lowest BCUT2D eigenvalue weighted by molar-refractivity contribution is -0.130. The lowest BCUT2D eigenvalue weighted by atomic mass is 10.0. The normalized spacial score (nSPS) is 13.9. The van der Waals surface area contributed by atoms with Crippen molar-refractivity contribution in [2.24, 2.45) is 0 Å². The van der Waals surface area contributed by atoms with Crippen LogP contribution in [0.3, 0.4) is 0 Å². The van der Waals surface area contributed by atoms with E-state index in [2.05, 4.69) is 5.16 Å². The third-order valence-electron chi connectivity index (χ3n) is 4.45. The van der Waals surface area contributed by atoms with Crippen molar-refractivity contribution in [1.82, 2.24) is 15.0 Å². The number of amides is 2. The number of hydrogen-bond donors (Lipinski definition) is 0. The maximum absolute atomic E-state index is 14.3. The Bertz CT molecular complexity index is 826. The predicted octanol–water partition coefficient (Wildman–Crippen LogP) is 3.14. The van der Waals surface area contributed by atoms with Crippen molar-refractivity contribution in [3.05, 3.63) is 40.4 Å². The molecule has 1 aromatic carbocycles. The first-order valence-corrected chi connectivity index (χ1v) is 8.72. The van der Waals surface area contributed by atoms with Crippen LogP contribution in [0.5, 0.6) is 0 Å². The molecular formula is C18H19ClFN3O3. The Kier molecular flexibility index (Phi) is 5.27. The summed E-state index contributed by atoms with van der Waals surface area (Å²) in [6.07, 6.45) is 1.95. The lowest BCUT2D eigenvalue weighted by Gasteiger charge is -2.21. The van der Waals surface area contributed by atoms with Gasteiger partial charge in [0.1, 0.15) is 22.8 Å². The number of likely N-dealkylation sites (N-methyl/N-ethyl adjacent to an activating group) is 1. The fourth-order valence-electron chi connectivity index (χ4n) is 3.05. The number of aromatic nitrogens is 1. The van der Waals surface area contributed by atoms with Gasteiger partial charge < -0.3 is 14.3 Å². The van der Waals surface area contributed by atoms with Crippen molar-refractivity contribution in [2.45, 2.75) is 19.8 Å². The van der Waals surface area contributed by atoms with Crippen molar-refractivity contribution >= 4 is 23.4 Å². The molecule has 2 amide bonds. The summed E-state index contributed by atoms with van der Waals surface area (Å²) in [6.45, 7) is 2.93. The van der Waals surface area contributed by atoms with Gasteiger partial charge in [-0.2, -0.15) is 0 Å². The molecule has 0 unspecified atom stereocenters.